The van der Waals surface area contributed by atoms with Crippen molar-refractivity contribution < 1.29 is 23.1 Å². The van der Waals surface area contributed by atoms with E-state index in [0.717, 1.165) is 11.3 Å². The number of para-hydroxylation sites is 1. The average molecular weight is 422 g/mol. The second-order valence-electron chi connectivity index (χ2n) is 7.44. The molecule has 160 valence electrons. The van der Waals surface area contributed by atoms with Crippen molar-refractivity contribution in [2.75, 3.05) is 25.1 Å². The maximum Gasteiger partial charge on any atom is 0.289 e. The number of halogens is 1. The van der Waals surface area contributed by atoms with Crippen molar-refractivity contribution in [3.05, 3.63) is 83.6 Å². The monoisotopic (exact) mass is 422 g/mol. The summed E-state index contributed by atoms with van der Waals surface area (Å²) in [6.45, 7) is 1.15. The summed E-state index contributed by atoms with van der Waals surface area (Å²) in [5, 5.41) is 0. The van der Waals surface area contributed by atoms with E-state index in [9.17, 15) is 14.0 Å². The summed E-state index contributed by atoms with van der Waals surface area (Å²) < 4.78 is 24.0. The summed E-state index contributed by atoms with van der Waals surface area (Å²) in [6, 6.07) is 15.2. The van der Waals surface area contributed by atoms with Crippen LogP contribution in [0, 0.1) is 5.82 Å². The van der Waals surface area contributed by atoms with E-state index < -0.39 is 0 Å². The van der Waals surface area contributed by atoms with Crippen LogP contribution in [-0.2, 0) is 17.8 Å². The van der Waals surface area contributed by atoms with Gasteiger partial charge in [-0.1, -0.05) is 18.2 Å². The highest BCUT2D eigenvalue weighted by atomic mass is 19.1. The highest BCUT2D eigenvalue weighted by Gasteiger charge is 2.29. The molecule has 0 N–H and O–H groups in total. The second-order valence-corrected chi connectivity index (χ2v) is 7.44. The lowest BCUT2D eigenvalue weighted by Gasteiger charge is -2.19. The zero-order chi connectivity index (χ0) is 21.8. The number of rotatable bonds is 8. The summed E-state index contributed by atoms with van der Waals surface area (Å²) in [5.74, 6) is 0.262. The number of furan rings is 1. The van der Waals surface area contributed by atoms with Gasteiger partial charge in [-0.2, -0.15) is 0 Å². The van der Waals surface area contributed by atoms with Gasteiger partial charge in [-0.3, -0.25) is 9.59 Å². The molecule has 0 bridgehead atoms. The Bertz CT molecular complexity index is 1080. The van der Waals surface area contributed by atoms with Crippen LogP contribution in [0.1, 0.15) is 28.1 Å². The molecule has 0 saturated heterocycles. The van der Waals surface area contributed by atoms with Gasteiger partial charge in [0.15, 0.2) is 5.76 Å². The molecule has 2 aromatic carbocycles. The van der Waals surface area contributed by atoms with Gasteiger partial charge in [0.1, 0.15) is 11.6 Å². The predicted octanol–water partition coefficient (Wildman–Crippen LogP) is 4.05. The Hall–Kier alpha value is -3.61. The van der Waals surface area contributed by atoms with E-state index in [4.69, 9.17) is 9.15 Å². The van der Waals surface area contributed by atoms with Crippen LogP contribution in [0.3, 0.4) is 0 Å². The Balaban J connectivity index is 1.34. The van der Waals surface area contributed by atoms with E-state index >= 15 is 0 Å². The maximum atomic E-state index is 12.9. The molecule has 31 heavy (non-hydrogen) atoms. The van der Waals surface area contributed by atoms with E-state index in [1.165, 1.54) is 18.4 Å². The first kappa shape index (κ1) is 20.7. The van der Waals surface area contributed by atoms with Gasteiger partial charge in [-0.25, -0.2) is 4.39 Å². The number of hydrogen-bond acceptors (Lipinski definition) is 4. The number of nitrogens with zero attached hydrogens (tertiary/aromatic N) is 2. The van der Waals surface area contributed by atoms with Gasteiger partial charge in [0, 0.05) is 24.8 Å². The number of hydrogen-bond donors (Lipinski definition) is 0. The van der Waals surface area contributed by atoms with Crippen LogP contribution < -0.4 is 9.64 Å². The van der Waals surface area contributed by atoms with Crippen molar-refractivity contribution in [3.8, 4) is 5.75 Å². The van der Waals surface area contributed by atoms with Crippen LogP contribution in [-0.4, -0.2) is 36.9 Å². The molecule has 0 unspecified atom stereocenters. The zero-order valence-electron chi connectivity index (χ0n) is 17.2. The standard InChI is InChI=1S/C24H23FN2O4/c1-26(12-4-13-30-20-9-7-19(25)8-10-20)24(29)23-18(11-14-31-23)16-27-21-6-3-2-5-17(21)15-22(27)28/h2-3,5-11,14H,4,12-13,15-16H2,1H3. The van der Waals surface area contributed by atoms with E-state index in [-0.39, 0.29) is 29.9 Å². The van der Waals surface area contributed by atoms with Crippen molar-refractivity contribution in [3.63, 3.8) is 0 Å². The molecule has 0 spiro atoms. The predicted molar refractivity (Wildman–Crippen MR) is 114 cm³/mol. The van der Waals surface area contributed by atoms with Crippen molar-refractivity contribution >= 4 is 17.5 Å². The summed E-state index contributed by atoms with van der Waals surface area (Å²) in [4.78, 5) is 28.6. The van der Waals surface area contributed by atoms with E-state index in [1.807, 2.05) is 24.3 Å². The number of carbonyl (C=O) groups excluding carboxylic acids is 2. The third-order valence-electron chi connectivity index (χ3n) is 5.26. The first-order valence-corrected chi connectivity index (χ1v) is 10.1. The van der Waals surface area contributed by atoms with Gasteiger partial charge >= 0.3 is 0 Å². The molecule has 6 nitrogen and oxygen atoms in total. The van der Waals surface area contributed by atoms with E-state index in [2.05, 4.69) is 0 Å². The molecular formula is C24H23FN2O4. The van der Waals surface area contributed by atoms with Crippen LogP contribution >= 0.6 is 0 Å². The lowest BCUT2D eigenvalue weighted by Crippen LogP contribution is -2.31. The molecule has 2 heterocycles. The third kappa shape index (κ3) is 4.60. The maximum absolute atomic E-state index is 12.9. The number of benzene rings is 2. The Morgan fingerprint density at radius 2 is 1.94 bits per heavy atom. The molecular weight excluding hydrogens is 399 g/mol. The normalized spacial score (nSPS) is 12.7. The van der Waals surface area contributed by atoms with Crippen LogP contribution in [0.4, 0.5) is 10.1 Å². The topological polar surface area (TPSA) is 63.0 Å². The quantitative estimate of drug-likeness (QED) is 0.514. The van der Waals surface area contributed by atoms with Gasteiger partial charge < -0.3 is 19.0 Å². The Kier molecular flexibility index (Phi) is 6.02. The first-order chi connectivity index (χ1) is 15.0. The van der Waals surface area contributed by atoms with Crippen molar-refractivity contribution in [2.45, 2.75) is 19.4 Å². The Labute approximate surface area is 179 Å². The number of fused-ring (bicyclic) bond motifs is 1. The third-order valence-corrected chi connectivity index (χ3v) is 5.26. The Morgan fingerprint density at radius 1 is 1.16 bits per heavy atom. The van der Waals surface area contributed by atoms with Gasteiger partial charge in [-0.15, -0.1) is 0 Å². The first-order valence-electron chi connectivity index (χ1n) is 10.1. The molecule has 0 radical (unpaired) electrons. The summed E-state index contributed by atoms with van der Waals surface area (Å²) in [6.07, 6.45) is 2.44. The lowest BCUT2D eigenvalue weighted by molar-refractivity contribution is -0.117. The molecule has 2 amide bonds. The highest BCUT2D eigenvalue weighted by Crippen LogP contribution is 2.30. The van der Waals surface area contributed by atoms with Gasteiger partial charge in [0.2, 0.25) is 5.91 Å². The van der Waals surface area contributed by atoms with E-state index in [0.29, 0.717) is 37.3 Å². The molecule has 7 heteroatoms. The van der Waals surface area contributed by atoms with Crippen molar-refractivity contribution in [1.82, 2.24) is 4.90 Å². The average Bonchev–Trinajstić information content (AvgIpc) is 3.36. The highest BCUT2D eigenvalue weighted by molar-refractivity contribution is 6.01. The molecule has 0 saturated carbocycles. The second kappa shape index (κ2) is 9.04. The number of anilines is 1. The smallest absolute Gasteiger partial charge is 0.289 e. The molecule has 1 aromatic heterocycles. The summed E-state index contributed by atoms with van der Waals surface area (Å²) >= 11 is 0. The number of carbonyl (C=O) groups is 2. The SMILES string of the molecule is CN(CCCOc1ccc(F)cc1)C(=O)c1occc1CN1C(=O)Cc2ccccc21. The van der Waals surface area contributed by atoms with Crippen LogP contribution in [0.15, 0.2) is 65.3 Å². The minimum atomic E-state index is -0.314. The Morgan fingerprint density at radius 3 is 2.74 bits per heavy atom. The van der Waals surface area contributed by atoms with Gasteiger partial charge in [0.25, 0.3) is 5.91 Å². The molecule has 0 atom stereocenters. The van der Waals surface area contributed by atoms with E-state index in [1.54, 1.807) is 35.0 Å². The molecule has 0 aliphatic carbocycles. The largest absolute Gasteiger partial charge is 0.494 e. The molecule has 1 aliphatic rings. The minimum Gasteiger partial charge on any atom is -0.494 e. The lowest BCUT2D eigenvalue weighted by atomic mass is 10.1. The number of amides is 2. The molecule has 1 aliphatic heterocycles. The number of ether oxygens (including phenoxy) is 1. The van der Waals surface area contributed by atoms with Crippen LogP contribution in [0.5, 0.6) is 5.75 Å². The fourth-order valence-corrected chi connectivity index (χ4v) is 3.61. The fourth-order valence-electron chi connectivity index (χ4n) is 3.61. The zero-order valence-corrected chi connectivity index (χ0v) is 17.2. The van der Waals surface area contributed by atoms with Gasteiger partial charge in [-0.05, 0) is 48.4 Å². The van der Waals surface area contributed by atoms with Crippen molar-refractivity contribution in [1.29, 1.82) is 0 Å². The van der Waals surface area contributed by atoms with Crippen LogP contribution in [0.2, 0.25) is 0 Å². The van der Waals surface area contributed by atoms with Crippen LogP contribution in [0.25, 0.3) is 0 Å². The summed E-state index contributed by atoms with van der Waals surface area (Å²) in [5.41, 5.74) is 2.53. The van der Waals surface area contributed by atoms with Crippen molar-refractivity contribution in [2.24, 2.45) is 0 Å². The molecule has 4 rings (SSSR count). The van der Waals surface area contributed by atoms with Gasteiger partial charge in [0.05, 0.1) is 25.8 Å². The fraction of sp³-hybridized carbons (Fsp3) is 0.250. The minimum absolute atomic E-state index is 0.00657. The summed E-state index contributed by atoms with van der Waals surface area (Å²) in [7, 11) is 1.70. The molecule has 0 fully saturated rings. The molecule has 3 aromatic rings.